The third kappa shape index (κ3) is 19.7. The van der Waals surface area contributed by atoms with E-state index in [4.69, 9.17) is 9.11 Å². The van der Waals surface area contributed by atoms with Crippen LogP contribution in [-0.4, -0.2) is 38.1 Å². The molecule has 0 rings (SSSR count). The molecule has 0 aromatic rings. The van der Waals surface area contributed by atoms with E-state index in [1.54, 1.807) is 6.92 Å². The fourth-order valence-electron chi connectivity index (χ4n) is 3.55. The van der Waals surface area contributed by atoms with Crippen molar-refractivity contribution in [3.05, 3.63) is 0 Å². The minimum absolute atomic E-state index is 0.165. The Morgan fingerprint density at radius 2 is 0.867 bits per heavy atom. The predicted octanol–water partition coefficient (Wildman–Crippen LogP) is 5.64. The monoisotopic (exact) mass is 474 g/mol. The van der Waals surface area contributed by atoms with Gasteiger partial charge in [0, 0.05) is 0 Å². The summed E-state index contributed by atoms with van der Waals surface area (Å²) in [6.07, 6.45) is 13.6. The standard InChI is InChI=1S/C20H42O8S2/c1-3-5-6-7-8-9-10-11-12-13-14-15-16-18-20(28-30(24,25)26)19(17-4-2)27-29(21,22)23/h19-20H,3-18H2,1-2H3,(H,21,22,23)(H,24,25,26). The predicted molar refractivity (Wildman–Crippen MR) is 118 cm³/mol. The zero-order valence-corrected chi connectivity index (χ0v) is 20.3. The molecule has 0 spiro atoms. The summed E-state index contributed by atoms with van der Waals surface area (Å²) in [4.78, 5) is 0. The van der Waals surface area contributed by atoms with E-state index in [2.05, 4.69) is 15.3 Å². The summed E-state index contributed by atoms with van der Waals surface area (Å²) in [7, 11) is -9.53. The minimum atomic E-state index is -4.77. The van der Waals surface area contributed by atoms with Crippen LogP contribution in [0.2, 0.25) is 0 Å². The van der Waals surface area contributed by atoms with Gasteiger partial charge in [0.2, 0.25) is 0 Å². The summed E-state index contributed by atoms with van der Waals surface area (Å²) in [5, 5.41) is 0. The number of hydrogen-bond acceptors (Lipinski definition) is 6. The largest absolute Gasteiger partial charge is 0.397 e. The van der Waals surface area contributed by atoms with E-state index in [-0.39, 0.29) is 12.8 Å². The lowest BCUT2D eigenvalue weighted by Crippen LogP contribution is -2.35. The zero-order valence-electron chi connectivity index (χ0n) is 18.6. The fraction of sp³-hybridized carbons (Fsp3) is 1.00. The maximum atomic E-state index is 11.1. The van der Waals surface area contributed by atoms with Crippen molar-refractivity contribution in [2.45, 2.75) is 129 Å². The molecular weight excluding hydrogens is 432 g/mol. The van der Waals surface area contributed by atoms with Crippen LogP contribution >= 0.6 is 0 Å². The molecule has 2 atom stereocenters. The Morgan fingerprint density at radius 1 is 0.533 bits per heavy atom. The maximum Gasteiger partial charge on any atom is 0.397 e. The Kier molecular flexibility index (Phi) is 17.2. The summed E-state index contributed by atoms with van der Waals surface area (Å²) in [6.45, 7) is 3.98. The topological polar surface area (TPSA) is 127 Å². The van der Waals surface area contributed by atoms with Crippen LogP contribution in [0.4, 0.5) is 0 Å². The molecule has 2 N–H and O–H groups in total. The van der Waals surface area contributed by atoms with Crippen LogP contribution in [0, 0.1) is 0 Å². The highest BCUT2D eigenvalue weighted by atomic mass is 32.3. The quantitative estimate of drug-likeness (QED) is 0.161. The van der Waals surface area contributed by atoms with Gasteiger partial charge in [-0.15, -0.1) is 0 Å². The minimum Gasteiger partial charge on any atom is -0.264 e. The van der Waals surface area contributed by atoms with Gasteiger partial charge in [-0.2, -0.15) is 16.8 Å². The van der Waals surface area contributed by atoms with Crippen molar-refractivity contribution in [3.63, 3.8) is 0 Å². The first kappa shape index (κ1) is 29.7. The fourth-order valence-corrected chi connectivity index (χ4v) is 4.62. The van der Waals surface area contributed by atoms with Gasteiger partial charge in [-0.3, -0.25) is 9.11 Å². The van der Waals surface area contributed by atoms with Crippen LogP contribution in [0.15, 0.2) is 0 Å². The van der Waals surface area contributed by atoms with Crippen molar-refractivity contribution < 1.29 is 34.3 Å². The van der Waals surface area contributed by atoms with Crippen molar-refractivity contribution in [3.8, 4) is 0 Å². The molecule has 0 fully saturated rings. The molecule has 30 heavy (non-hydrogen) atoms. The van der Waals surface area contributed by atoms with E-state index in [0.717, 1.165) is 19.3 Å². The molecule has 0 aromatic heterocycles. The molecule has 0 aromatic carbocycles. The molecule has 8 nitrogen and oxygen atoms in total. The second-order valence-corrected chi connectivity index (χ2v) is 10.0. The maximum absolute atomic E-state index is 11.1. The van der Waals surface area contributed by atoms with E-state index < -0.39 is 33.0 Å². The number of unbranched alkanes of at least 4 members (excludes halogenated alkanes) is 12. The lowest BCUT2D eigenvalue weighted by atomic mass is 10.0. The summed E-state index contributed by atoms with van der Waals surface area (Å²) in [5.41, 5.74) is 0. The van der Waals surface area contributed by atoms with Gasteiger partial charge in [-0.1, -0.05) is 104 Å². The highest BCUT2D eigenvalue weighted by Crippen LogP contribution is 2.21. The molecule has 0 saturated carbocycles. The molecule has 0 radical (unpaired) electrons. The third-order valence-electron chi connectivity index (χ3n) is 5.07. The molecule has 0 saturated heterocycles. The first-order chi connectivity index (χ1) is 14.1. The Balaban J connectivity index is 4.13. The van der Waals surface area contributed by atoms with Crippen LogP contribution < -0.4 is 0 Å². The highest BCUT2D eigenvalue weighted by molar-refractivity contribution is 7.81. The molecule has 182 valence electrons. The smallest absolute Gasteiger partial charge is 0.264 e. The van der Waals surface area contributed by atoms with Crippen LogP contribution in [0.1, 0.15) is 117 Å². The lowest BCUT2D eigenvalue weighted by molar-refractivity contribution is 0.0342. The second kappa shape index (κ2) is 17.3. The van der Waals surface area contributed by atoms with Crippen molar-refractivity contribution >= 4 is 20.8 Å². The molecule has 0 amide bonds. The van der Waals surface area contributed by atoms with Gasteiger partial charge in [-0.25, -0.2) is 8.37 Å². The molecule has 0 aliphatic rings. The Morgan fingerprint density at radius 3 is 1.20 bits per heavy atom. The van der Waals surface area contributed by atoms with Crippen LogP contribution in [0.25, 0.3) is 0 Å². The van der Waals surface area contributed by atoms with Crippen LogP contribution in [0.3, 0.4) is 0 Å². The first-order valence-corrected chi connectivity index (χ1v) is 14.1. The zero-order chi connectivity index (χ0) is 22.9. The Hall–Kier alpha value is -0.260. The summed E-state index contributed by atoms with van der Waals surface area (Å²) in [5.74, 6) is 0. The van der Waals surface area contributed by atoms with Crippen molar-refractivity contribution in [1.29, 1.82) is 0 Å². The van der Waals surface area contributed by atoms with Crippen molar-refractivity contribution in [2.75, 3.05) is 0 Å². The molecule has 0 heterocycles. The van der Waals surface area contributed by atoms with Crippen molar-refractivity contribution in [1.82, 2.24) is 0 Å². The Labute approximate surface area is 184 Å². The average molecular weight is 475 g/mol. The van der Waals surface area contributed by atoms with Crippen LogP contribution in [-0.2, 0) is 29.2 Å². The molecule has 2 unspecified atom stereocenters. The van der Waals surface area contributed by atoms with Crippen LogP contribution in [0.5, 0.6) is 0 Å². The molecule has 0 bridgehead atoms. The van der Waals surface area contributed by atoms with E-state index in [0.29, 0.717) is 12.8 Å². The van der Waals surface area contributed by atoms with Gasteiger partial charge in [0.1, 0.15) is 12.2 Å². The van der Waals surface area contributed by atoms with Gasteiger partial charge < -0.3 is 0 Å². The second-order valence-electron chi connectivity index (χ2n) is 7.94. The number of hydrogen-bond donors (Lipinski definition) is 2. The van der Waals surface area contributed by atoms with Crippen molar-refractivity contribution in [2.24, 2.45) is 0 Å². The first-order valence-electron chi connectivity index (χ1n) is 11.4. The Bertz CT molecular complexity index is 604. The van der Waals surface area contributed by atoms with E-state index >= 15 is 0 Å². The van der Waals surface area contributed by atoms with E-state index in [9.17, 15) is 16.8 Å². The van der Waals surface area contributed by atoms with Gasteiger partial charge in [0.15, 0.2) is 0 Å². The van der Waals surface area contributed by atoms with E-state index in [1.807, 2.05) is 0 Å². The van der Waals surface area contributed by atoms with E-state index in [1.165, 1.54) is 57.8 Å². The third-order valence-corrected chi connectivity index (χ3v) is 6.05. The van der Waals surface area contributed by atoms with Gasteiger partial charge in [0.25, 0.3) is 0 Å². The van der Waals surface area contributed by atoms with Gasteiger partial charge in [-0.05, 0) is 12.8 Å². The molecular formula is C20H42O8S2. The normalized spacial score (nSPS) is 14.7. The highest BCUT2D eigenvalue weighted by Gasteiger charge is 2.30. The lowest BCUT2D eigenvalue weighted by Gasteiger charge is -2.24. The molecule has 10 heteroatoms. The summed E-state index contributed by atoms with van der Waals surface area (Å²) >= 11 is 0. The van der Waals surface area contributed by atoms with Gasteiger partial charge >= 0.3 is 20.8 Å². The average Bonchev–Trinajstić information content (AvgIpc) is 2.62. The molecule has 0 aliphatic heterocycles. The number of rotatable bonds is 21. The SMILES string of the molecule is CCCCCCCCCCCCCCCC(OS(=O)(=O)O)C(CCC)OS(=O)(=O)O. The summed E-state index contributed by atoms with van der Waals surface area (Å²) in [6, 6.07) is 0. The van der Waals surface area contributed by atoms with Gasteiger partial charge in [0.05, 0.1) is 0 Å². The molecule has 0 aliphatic carbocycles. The summed E-state index contributed by atoms with van der Waals surface area (Å²) < 4.78 is 71.4.